The molecule has 28 heavy (non-hydrogen) atoms. The molecule has 2 aromatic heterocycles. The minimum atomic E-state index is 0.636. The minimum absolute atomic E-state index is 0.636. The molecule has 0 radical (unpaired) electrons. The molecule has 146 valence electrons. The first kappa shape index (κ1) is 17.1. The Morgan fingerprint density at radius 3 is 2.89 bits per heavy atom. The van der Waals surface area contributed by atoms with Crippen molar-refractivity contribution in [1.82, 2.24) is 9.55 Å². The van der Waals surface area contributed by atoms with Crippen LogP contribution in [0.3, 0.4) is 0 Å². The fourth-order valence-corrected chi connectivity index (χ4v) is 6.89. The Bertz CT molecular complexity index is 941. The van der Waals surface area contributed by atoms with Crippen molar-refractivity contribution < 1.29 is 0 Å². The molecule has 0 spiro atoms. The van der Waals surface area contributed by atoms with E-state index in [1.807, 2.05) is 6.20 Å². The van der Waals surface area contributed by atoms with E-state index in [9.17, 15) is 0 Å². The normalized spacial score (nSPS) is 29.9. The quantitative estimate of drug-likeness (QED) is 0.563. The maximum Gasteiger partial charge on any atom is 0.0524 e. The molecule has 3 atom stereocenters. The summed E-state index contributed by atoms with van der Waals surface area (Å²) in [5.41, 5.74) is 5.96. The number of allylic oxidation sites excluding steroid dienone is 4. The van der Waals surface area contributed by atoms with Gasteiger partial charge in [0.2, 0.25) is 0 Å². The molecule has 0 N–H and O–H groups in total. The smallest absolute Gasteiger partial charge is 0.0524 e. The Kier molecular flexibility index (Phi) is 4.20. The summed E-state index contributed by atoms with van der Waals surface area (Å²) < 4.78 is 2.73. The van der Waals surface area contributed by atoms with Crippen LogP contribution in [0, 0.1) is 17.8 Å². The Balaban J connectivity index is 1.35. The van der Waals surface area contributed by atoms with Crippen LogP contribution in [0.25, 0.3) is 16.5 Å². The van der Waals surface area contributed by atoms with Crippen LogP contribution in [0.15, 0.2) is 36.7 Å². The molecule has 0 aromatic carbocycles. The molecule has 4 aliphatic rings. The highest BCUT2D eigenvalue weighted by Crippen LogP contribution is 2.48. The van der Waals surface area contributed by atoms with Gasteiger partial charge >= 0.3 is 0 Å². The van der Waals surface area contributed by atoms with Crippen molar-refractivity contribution in [1.29, 1.82) is 0 Å². The van der Waals surface area contributed by atoms with E-state index in [1.54, 1.807) is 5.56 Å². The van der Waals surface area contributed by atoms with Crippen molar-refractivity contribution in [3.63, 3.8) is 0 Å². The zero-order chi connectivity index (χ0) is 18.5. The van der Waals surface area contributed by atoms with Crippen LogP contribution in [-0.2, 0) is 6.42 Å². The van der Waals surface area contributed by atoms with Gasteiger partial charge in [0, 0.05) is 23.8 Å². The molecular formula is C26H32N2. The molecule has 2 nitrogen and oxygen atoms in total. The lowest BCUT2D eigenvalue weighted by Gasteiger charge is -2.38. The summed E-state index contributed by atoms with van der Waals surface area (Å²) in [4.78, 5) is 4.47. The van der Waals surface area contributed by atoms with Gasteiger partial charge in [-0.3, -0.25) is 4.98 Å². The summed E-state index contributed by atoms with van der Waals surface area (Å²) in [6.45, 7) is 0. The molecule has 3 unspecified atom stereocenters. The van der Waals surface area contributed by atoms with Crippen molar-refractivity contribution in [2.24, 2.45) is 17.8 Å². The molecule has 6 rings (SSSR count). The number of aryl methyl sites for hydroxylation is 1. The first-order chi connectivity index (χ1) is 13.9. The van der Waals surface area contributed by atoms with E-state index < -0.39 is 0 Å². The highest BCUT2D eigenvalue weighted by molar-refractivity contribution is 5.92. The van der Waals surface area contributed by atoms with Crippen LogP contribution < -0.4 is 0 Å². The summed E-state index contributed by atoms with van der Waals surface area (Å²) >= 11 is 0. The molecule has 3 heterocycles. The van der Waals surface area contributed by atoms with Gasteiger partial charge < -0.3 is 4.57 Å². The van der Waals surface area contributed by atoms with Crippen LogP contribution in [0.2, 0.25) is 0 Å². The Morgan fingerprint density at radius 1 is 1.04 bits per heavy atom. The van der Waals surface area contributed by atoms with Crippen LogP contribution in [0.5, 0.6) is 0 Å². The first-order valence-electron chi connectivity index (χ1n) is 11.7. The fourth-order valence-electron chi connectivity index (χ4n) is 6.89. The Hall–Kier alpha value is -1.83. The maximum atomic E-state index is 4.47. The van der Waals surface area contributed by atoms with E-state index in [0.717, 1.165) is 11.8 Å². The molecule has 2 fully saturated rings. The first-order valence-corrected chi connectivity index (χ1v) is 11.7. The van der Waals surface area contributed by atoms with E-state index in [1.165, 1.54) is 92.8 Å². The van der Waals surface area contributed by atoms with Crippen molar-refractivity contribution in [2.75, 3.05) is 0 Å². The van der Waals surface area contributed by atoms with Gasteiger partial charge in [-0.05, 0) is 73.5 Å². The lowest BCUT2D eigenvalue weighted by molar-refractivity contribution is 0.180. The van der Waals surface area contributed by atoms with Crippen molar-refractivity contribution in [3.8, 4) is 0 Å². The Labute approximate surface area is 168 Å². The van der Waals surface area contributed by atoms with Crippen LogP contribution in [-0.4, -0.2) is 9.55 Å². The number of fused-ring (bicyclic) bond motifs is 5. The second-order valence-corrected chi connectivity index (χ2v) is 9.80. The number of pyridine rings is 1. The fraction of sp³-hybridized carbons (Fsp3) is 0.577. The summed E-state index contributed by atoms with van der Waals surface area (Å²) in [6, 6.07) is 2.90. The lowest BCUT2D eigenvalue weighted by atomic mass is 9.72. The average Bonchev–Trinajstić information content (AvgIpc) is 2.98. The number of aromatic nitrogens is 2. The zero-order valence-electron chi connectivity index (χ0n) is 16.9. The number of nitrogens with zero attached hydrogens (tertiary/aromatic N) is 2. The molecule has 3 aliphatic carbocycles. The number of hydrogen-bond acceptors (Lipinski definition) is 1. The SMILES string of the molecule is C1=CC2CC(CC3CCCCC3)CCC2n2c3c(c4cnccc42)CCC=C13. The minimum Gasteiger partial charge on any atom is -0.336 e. The van der Waals surface area contributed by atoms with Crippen LogP contribution >= 0.6 is 0 Å². The third-order valence-corrected chi connectivity index (χ3v) is 8.16. The molecule has 0 saturated heterocycles. The summed E-state index contributed by atoms with van der Waals surface area (Å²) in [7, 11) is 0. The largest absolute Gasteiger partial charge is 0.336 e. The van der Waals surface area contributed by atoms with E-state index in [4.69, 9.17) is 0 Å². The van der Waals surface area contributed by atoms with Gasteiger partial charge in [-0.1, -0.05) is 50.3 Å². The summed E-state index contributed by atoms with van der Waals surface area (Å²) in [6.07, 6.45) is 27.0. The molecule has 2 saturated carbocycles. The maximum absolute atomic E-state index is 4.47. The standard InChI is InChI=1S/C26H32N2/c1-2-5-18(6-3-1)15-19-9-12-24-21(16-19)11-10-20-7-4-8-22-23-17-27-14-13-25(23)28(24)26(20)22/h7,10-11,13-14,17-19,21,24H,1-6,8-9,12,15-16H2. The average molecular weight is 373 g/mol. The molecule has 1 aliphatic heterocycles. The van der Waals surface area contributed by atoms with Gasteiger partial charge in [0.05, 0.1) is 11.2 Å². The highest BCUT2D eigenvalue weighted by atomic mass is 15.0. The van der Waals surface area contributed by atoms with Gasteiger partial charge in [-0.15, -0.1) is 0 Å². The second-order valence-electron chi connectivity index (χ2n) is 9.80. The second kappa shape index (κ2) is 6.90. The molecule has 2 aromatic rings. The molecule has 0 amide bonds. The monoisotopic (exact) mass is 372 g/mol. The van der Waals surface area contributed by atoms with Crippen LogP contribution in [0.1, 0.15) is 81.5 Å². The van der Waals surface area contributed by atoms with Gasteiger partial charge in [0.15, 0.2) is 0 Å². The van der Waals surface area contributed by atoms with Gasteiger partial charge in [0.25, 0.3) is 0 Å². The van der Waals surface area contributed by atoms with E-state index in [-0.39, 0.29) is 0 Å². The third-order valence-electron chi connectivity index (χ3n) is 8.16. The van der Waals surface area contributed by atoms with E-state index in [2.05, 4.69) is 40.0 Å². The highest BCUT2D eigenvalue weighted by Gasteiger charge is 2.36. The lowest BCUT2D eigenvalue weighted by Crippen LogP contribution is -2.28. The summed E-state index contributed by atoms with van der Waals surface area (Å²) in [5, 5.41) is 1.40. The zero-order valence-corrected chi connectivity index (χ0v) is 16.9. The van der Waals surface area contributed by atoms with Gasteiger partial charge in [0.1, 0.15) is 0 Å². The van der Waals surface area contributed by atoms with Gasteiger partial charge in [-0.25, -0.2) is 0 Å². The predicted molar refractivity (Wildman–Crippen MR) is 116 cm³/mol. The van der Waals surface area contributed by atoms with Crippen molar-refractivity contribution in [2.45, 2.75) is 76.7 Å². The van der Waals surface area contributed by atoms with Crippen molar-refractivity contribution >= 4 is 16.5 Å². The Morgan fingerprint density at radius 2 is 1.96 bits per heavy atom. The summed E-state index contributed by atoms with van der Waals surface area (Å²) in [5.74, 6) is 2.65. The van der Waals surface area contributed by atoms with E-state index >= 15 is 0 Å². The molecule has 2 heteroatoms. The number of hydrogen-bond donors (Lipinski definition) is 0. The third kappa shape index (κ3) is 2.71. The van der Waals surface area contributed by atoms with Crippen molar-refractivity contribution in [3.05, 3.63) is 47.9 Å². The van der Waals surface area contributed by atoms with Gasteiger partial charge in [-0.2, -0.15) is 0 Å². The molecule has 0 bridgehead atoms. The predicted octanol–water partition coefficient (Wildman–Crippen LogP) is 6.86. The molecular weight excluding hydrogens is 340 g/mol. The topological polar surface area (TPSA) is 17.8 Å². The van der Waals surface area contributed by atoms with E-state index in [0.29, 0.717) is 12.0 Å². The number of rotatable bonds is 2. The van der Waals surface area contributed by atoms with Crippen LogP contribution in [0.4, 0.5) is 0 Å².